The fourth-order valence-corrected chi connectivity index (χ4v) is 3.65. The average Bonchev–Trinajstić information content (AvgIpc) is 2.72. The van der Waals surface area contributed by atoms with E-state index in [1.807, 2.05) is 48.5 Å². The van der Waals surface area contributed by atoms with Crippen molar-refractivity contribution in [3.05, 3.63) is 76.1 Å². The van der Waals surface area contributed by atoms with E-state index in [0.29, 0.717) is 10.9 Å². The summed E-state index contributed by atoms with van der Waals surface area (Å²) in [6.45, 7) is 4.14. The first-order valence-corrected chi connectivity index (χ1v) is 10.3. The number of thioether (sulfide) groups is 1. The largest absolute Gasteiger partial charge is 0.325 e. The van der Waals surface area contributed by atoms with Crippen LogP contribution in [0.15, 0.2) is 64.5 Å². The first-order chi connectivity index (χ1) is 13.6. The molecule has 1 heterocycles. The predicted octanol–water partition coefficient (Wildman–Crippen LogP) is 4.29. The molecule has 3 aromatic rings. The maximum atomic E-state index is 12.5. The van der Waals surface area contributed by atoms with E-state index >= 15 is 0 Å². The van der Waals surface area contributed by atoms with Crippen molar-refractivity contribution in [2.24, 2.45) is 0 Å². The highest BCUT2D eigenvalue weighted by Crippen LogP contribution is 2.23. The Bertz CT molecular complexity index is 994. The Balaban J connectivity index is 1.72. The van der Waals surface area contributed by atoms with Gasteiger partial charge in [0.25, 0.3) is 5.56 Å². The number of aromatic nitrogens is 2. The zero-order valence-corrected chi connectivity index (χ0v) is 16.8. The monoisotopic (exact) mass is 393 g/mol. The molecule has 0 saturated heterocycles. The van der Waals surface area contributed by atoms with E-state index in [9.17, 15) is 9.59 Å². The van der Waals surface area contributed by atoms with Gasteiger partial charge < -0.3 is 10.3 Å². The average molecular weight is 394 g/mol. The number of nitrogens with one attached hydrogen (secondary N) is 2. The van der Waals surface area contributed by atoms with Crippen molar-refractivity contribution in [2.45, 2.75) is 31.8 Å². The van der Waals surface area contributed by atoms with Crippen LogP contribution in [0.4, 0.5) is 5.69 Å². The number of anilines is 1. The van der Waals surface area contributed by atoms with Gasteiger partial charge in [0, 0.05) is 17.3 Å². The number of nitrogens with zero attached hydrogens (tertiary/aromatic N) is 1. The second-order valence-corrected chi connectivity index (χ2v) is 7.26. The molecule has 1 aromatic heterocycles. The molecule has 0 unspecified atom stereocenters. The van der Waals surface area contributed by atoms with Gasteiger partial charge in [0.1, 0.15) is 0 Å². The minimum Gasteiger partial charge on any atom is -0.325 e. The van der Waals surface area contributed by atoms with Gasteiger partial charge in [0.15, 0.2) is 5.16 Å². The van der Waals surface area contributed by atoms with Crippen LogP contribution in [0.1, 0.15) is 25.0 Å². The van der Waals surface area contributed by atoms with Crippen LogP contribution in [0.2, 0.25) is 0 Å². The van der Waals surface area contributed by atoms with Crippen molar-refractivity contribution in [2.75, 3.05) is 11.1 Å². The molecule has 0 saturated carbocycles. The van der Waals surface area contributed by atoms with Gasteiger partial charge in [-0.2, -0.15) is 0 Å². The summed E-state index contributed by atoms with van der Waals surface area (Å²) in [4.78, 5) is 31.7. The Hall–Kier alpha value is -2.86. The molecule has 0 radical (unpaired) electrons. The Morgan fingerprint density at radius 1 is 1.04 bits per heavy atom. The second kappa shape index (κ2) is 9.37. The number of aryl methyl sites for hydroxylation is 2. The van der Waals surface area contributed by atoms with Gasteiger partial charge in [-0.1, -0.05) is 74.1 Å². The summed E-state index contributed by atoms with van der Waals surface area (Å²) in [7, 11) is 0. The zero-order valence-electron chi connectivity index (χ0n) is 16.0. The molecule has 2 N–H and O–H groups in total. The lowest BCUT2D eigenvalue weighted by molar-refractivity contribution is -0.113. The highest BCUT2D eigenvalue weighted by molar-refractivity contribution is 7.99. The van der Waals surface area contributed by atoms with Gasteiger partial charge in [-0.05, 0) is 24.0 Å². The first-order valence-electron chi connectivity index (χ1n) is 9.31. The van der Waals surface area contributed by atoms with Crippen molar-refractivity contribution in [3.8, 4) is 11.3 Å². The highest BCUT2D eigenvalue weighted by atomic mass is 32.2. The molecule has 0 aliphatic rings. The Morgan fingerprint density at radius 3 is 2.36 bits per heavy atom. The maximum Gasteiger partial charge on any atom is 0.252 e. The van der Waals surface area contributed by atoms with E-state index < -0.39 is 0 Å². The molecule has 144 valence electrons. The molecule has 0 aliphatic carbocycles. The lowest BCUT2D eigenvalue weighted by Crippen LogP contribution is -2.17. The van der Waals surface area contributed by atoms with E-state index in [0.717, 1.165) is 35.2 Å². The normalized spacial score (nSPS) is 10.6. The molecule has 0 fully saturated rings. The number of rotatable bonds is 7. The Labute approximate surface area is 168 Å². The lowest BCUT2D eigenvalue weighted by atomic mass is 10.0. The van der Waals surface area contributed by atoms with Crippen molar-refractivity contribution >= 4 is 23.4 Å². The molecule has 6 heteroatoms. The van der Waals surface area contributed by atoms with Crippen molar-refractivity contribution in [1.82, 2.24) is 9.97 Å². The van der Waals surface area contributed by atoms with Crippen molar-refractivity contribution in [1.29, 1.82) is 0 Å². The minimum absolute atomic E-state index is 0.117. The quantitative estimate of drug-likeness (QED) is 0.464. The third-order valence-corrected chi connectivity index (χ3v) is 5.27. The molecular formula is C22H23N3O2S. The van der Waals surface area contributed by atoms with Crippen LogP contribution in [-0.4, -0.2) is 21.6 Å². The standard InChI is InChI=1S/C22H23N3O2S/c1-3-15-11-8-12-16(4-2)21(15)24-20(27)14-28-22-23-18(13-19(26)25-22)17-9-6-5-7-10-17/h5-13H,3-4,14H2,1-2H3,(H,24,27)(H,23,25,26). The molecule has 3 rings (SSSR count). The summed E-state index contributed by atoms with van der Waals surface area (Å²) in [5, 5.41) is 3.46. The van der Waals surface area contributed by atoms with Gasteiger partial charge in [-0.15, -0.1) is 0 Å². The summed E-state index contributed by atoms with van der Waals surface area (Å²) < 4.78 is 0. The number of H-pyrrole nitrogens is 1. The number of carbonyl (C=O) groups excluding carboxylic acids is 1. The summed E-state index contributed by atoms with van der Waals surface area (Å²) in [5.41, 5.74) is 4.37. The van der Waals surface area contributed by atoms with Crippen LogP contribution in [0, 0.1) is 0 Å². The van der Waals surface area contributed by atoms with Crippen LogP contribution < -0.4 is 10.9 Å². The van der Waals surface area contributed by atoms with E-state index in [1.165, 1.54) is 17.8 Å². The molecule has 2 aromatic carbocycles. The van der Waals surface area contributed by atoms with Crippen molar-refractivity contribution < 1.29 is 4.79 Å². The summed E-state index contributed by atoms with van der Waals surface area (Å²) in [6, 6.07) is 17.1. The molecule has 1 amide bonds. The number of carbonyl (C=O) groups is 1. The molecule has 0 spiro atoms. The van der Waals surface area contributed by atoms with Gasteiger partial charge >= 0.3 is 0 Å². The second-order valence-electron chi connectivity index (χ2n) is 6.30. The van der Waals surface area contributed by atoms with Gasteiger partial charge in [0.2, 0.25) is 5.91 Å². The highest BCUT2D eigenvalue weighted by Gasteiger charge is 2.12. The van der Waals surface area contributed by atoms with E-state index in [1.54, 1.807) is 0 Å². The van der Waals surface area contributed by atoms with E-state index in [2.05, 4.69) is 29.1 Å². The fourth-order valence-electron chi connectivity index (χ4n) is 2.97. The van der Waals surface area contributed by atoms with Crippen LogP contribution in [-0.2, 0) is 17.6 Å². The molecular weight excluding hydrogens is 370 g/mol. The number of hydrogen-bond donors (Lipinski definition) is 2. The van der Waals surface area contributed by atoms with Crippen LogP contribution in [0.25, 0.3) is 11.3 Å². The SMILES string of the molecule is CCc1cccc(CC)c1NC(=O)CSc1nc(-c2ccccc2)cc(=O)[nH]1. The Kier molecular flexibility index (Phi) is 6.66. The zero-order chi connectivity index (χ0) is 19.9. The number of benzene rings is 2. The van der Waals surface area contributed by atoms with Gasteiger partial charge in [0.05, 0.1) is 11.4 Å². The van der Waals surface area contributed by atoms with E-state index in [-0.39, 0.29) is 17.2 Å². The topological polar surface area (TPSA) is 74.8 Å². The summed E-state index contributed by atoms with van der Waals surface area (Å²) >= 11 is 1.22. The van der Waals surface area contributed by atoms with Crippen LogP contribution in [0.5, 0.6) is 0 Å². The number of para-hydroxylation sites is 1. The lowest BCUT2D eigenvalue weighted by Gasteiger charge is -2.14. The fraction of sp³-hybridized carbons (Fsp3) is 0.227. The number of amides is 1. The number of hydrogen-bond acceptors (Lipinski definition) is 4. The molecule has 0 aliphatic heterocycles. The molecule has 28 heavy (non-hydrogen) atoms. The minimum atomic E-state index is -0.235. The first kappa shape index (κ1) is 19.9. The van der Waals surface area contributed by atoms with Crippen molar-refractivity contribution in [3.63, 3.8) is 0 Å². The van der Waals surface area contributed by atoms with Gasteiger partial charge in [-0.25, -0.2) is 4.98 Å². The molecule has 0 bridgehead atoms. The van der Waals surface area contributed by atoms with Crippen LogP contribution >= 0.6 is 11.8 Å². The summed E-state index contributed by atoms with van der Waals surface area (Å²) in [6.07, 6.45) is 1.70. The van der Waals surface area contributed by atoms with Crippen LogP contribution in [0.3, 0.4) is 0 Å². The maximum absolute atomic E-state index is 12.5. The number of aromatic amines is 1. The molecule has 5 nitrogen and oxygen atoms in total. The third-order valence-electron chi connectivity index (χ3n) is 4.39. The van der Waals surface area contributed by atoms with E-state index in [4.69, 9.17) is 0 Å². The predicted molar refractivity (Wildman–Crippen MR) is 115 cm³/mol. The Morgan fingerprint density at radius 2 is 1.71 bits per heavy atom. The molecule has 0 atom stereocenters. The summed E-state index contributed by atoms with van der Waals surface area (Å²) in [5.74, 6) is 0.0518. The third kappa shape index (κ3) is 4.89. The van der Waals surface area contributed by atoms with Gasteiger partial charge in [-0.3, -0.25) is 9.59 Å². The smallest absolute Gasteiger partial charge is 0.252 e.